The maximum absolute atomic E-state index is 10.5. The zero-order chi connectivity index (χ0) is 31.3. The molecule has 2 bridgehead atoms. The average molecular weight is 601 g/mol. The van der Waals surface area contributed by atoms with Crippen LogP contribution >= 0.6 is 0 Å². The summed E-state index contributed by atoms with van der Waals surface area (Å²) in [6.07, 6.45) is 15.7. The van der Waals surface area contributed by atoms with Crippen LogP contribution in [0.2, 0.25) is 0 Å². The number of aromatic nitrogens is 2. The number of amidine groups is 1. The molecule has 4 fully saturated rings. The van der Waals surface area contributed by atoms with Crippen molar-refractivity contribution in [2.75, 3.05) is 58.3 Å². The molecular formula is C34H48N8O2. The van der Waals surface area contributed by atoms with Crippen LogP contribution in [0.15, 0.2) is 59.2 Å². The Balaban J connectivity index is 1.34. The third-order valence-corrected chi connectivity index (χ3v) is 9.73. The van der Waals surface area contributed by atoms with E-state index in [-0.39, 0.29) is 5.92 Å². The molecule has 0 radical (unpaired) electrons. The van der Waals surface area contributed by atoms with Gasteiger partial charge in [0.25, 0.3) is 0 Å². The molecule has 0 amide bonds. The van der Waals surface area contributed by atoms with Crippen LogP contribution in [0.5, 0.6) is 0 Å². The van der Waals surface area contributed by atoms with Crippen LogP contribution < -0.4 is 10.2 Å². The molecule has 6 rings (SSSR count). The van der Waals surface area contributed by atoms with Gasteiger partial charge in [0.15, 0.2) is 5.88 Å². The molecule has 3 atom stereocenters. The minimum atomic E-state index is -0.635. The largest absolute Gasteiger partial charge is 0.483 e. The van der Waals surface area contributed by atoms with Gasteiger partial charge in [0.2, 0.25) is 0 Å². The first kappa shape index (κ1) is 31.6. The number of hydrogen-bond donors (Lipinski definition) is 3. The maximum Gasteiger partial charge on any atom is 0.186 e. The summed E-state index contributed by atoms with van der Waals surface area (Å²) in [6.45, 7) is 11.4. The smallest absolute Gasteiger partial charge is 0.186 e. The number of aliphatic hydroxyl groups is 1. The molecule has 0 aliphatic carbocycles. The Labute approximate surface area is 262 Å². The summed E-state index contributed by atoms with van der Waals surface area (Å²) in [7, 11) is 3.57. The van der Waals surface area contributed by atoms with Crippen molar-refractivity contribution >= 4 is 11.5 Å². The summed E-state index contributed by atoms with van der Waals surface area (Å²) in [4.78, 5) is 12.1. The number of dihydropyridines is 1. The number of nitriles is 1. The first-order valence-corrected chi connectivity index (χ1v) is 15.9. The fourth-order valence-electron chi connectivity index (χ4n) is 6.80. The topological polar surface area (TPSA) is 116 Å². The first-order chi connectivity index (χ1) is 21.2. The molecule has 10 nitrogen and oxygen atoms in total. The molecule has 0 spiro atoms. The molecule has 0 aromatic carbocycles. The standard InChI is InChI=1S/C34H48N8O2/c1-6-26(31-16-28(40-13-11-34(3,43)12-14-40)20-39-38-19-27(17-35)24(31)2)8-9-32(36-4)41-22-29-15-30(23-41)42(29)21-25-7-10-33(44-5)37-18-25/h7-10,16,19-20,26,29-30,37,39,43H,6,11-15,18,21-23H2,1-5H3/b9-8-,27-24?,28-20?,31-16?,36-32?,38-19?. The van der Waals surface area contributed by atoms with E-state index in [1.807, 2.05) is 33.2 Å². The number of rotatable bonds is 8. The summed E-state index contributed by atoms with van der Waals surface area (Å²) in [5.74, 6) is 1.92. The molecule has 10 heteroatoms. The Morgan fingerprint density at radius 1 is 1.30 bits per heavy atom. The number of allylic oxidation sites excluding steroid dienone is 3. The summed E-state index contributed by atoms with van der Waals surface area (Å²) < 4.78 is 5.30. The number of aromatic amines is 1. The average Bonchev–Trinajstić information content (AvgIpc) is 3.11. The fourth-order valence-corrected chi connectivity index (χ4v) is 6.80. The Hall–Kier alpha value is -3.81. The van der Waals surface area contributed by atoms with E-state index in [1.165, 1.54) is 12.0 Å². The molecule has 6 heterocycles. The Morgan fingerprint density at radius 3 is 2.66 bits per heavy atom. The number of hydrogen-bond acceptors (Lipinski definition) is 8. The van der Waals surface area contributed by atoms with Gasteiger partial charge in [-0.3, -0.25) is 15.0 Å². The number of piperidine rings is 2. The van der Waals surface area contributed by atoms with E-state index in [9.17, 15) is 10.4 Å². The van der Waals surface area contributed by atoms with Crippen LogP contribution in [-0.2, 0) is 4.74 Å². The lowest BCUT2D eigenvalue weighted by molar-refractivity contribution is -0.0402. The summed E-state index contributed by atoms with van der Waals surface area (Å²) in [6, 6.07) is 5.59. The maximum atomic E-state index is 10.5. The minimum absolute atomic E-state index is 0.0875. The van der Waals surface area contributed by atoms with E-state index in [1.54, 1.807) is 13.3 Å². The molecule has 1 aromatic rings. The number of anilines is 1. The van der Waals surface area contributed by atoms with E-state index in [4.69, 9.17) is 9.73 Å². The lowest BCUT2D eigenvalue weighted by atomic mass is 9.86. The SMILES string of the molecule is CCC(/C=C\C(=NC)N1CC2CC(C1)N2CC1=CC=C(OC)NC1)c1cc(N2CCC(C)(O)CC2)c[nH]ncc(C#N)c1C. The number of ether oxygens (including phenoxy) is 1. The van der Waals surface area contributed by atoms with Crippen LogP contribution in [0.25, 0.3) is 0 Å². The minimum Gasteiger partial charge on any atom is -0.483 e. The van der Waals surface area contributed by atoms with E-state index in [0.717, 1.165) is 74.2 Å². The number of nitrogens with zero attached hydrogens (tertiary/aromatic N) is 6. The number of nitrogens with one attached hydrogen (secondary N) is 2. The molecule has 4 saturated heterocycles. The van der Waals surface area contributed by atoms with Gasteiger partial charge in [0.05, 0.1) is 30.2 Å². The quantitative estimate of drug-likeness (QED) is 0.304. The second-order valence-electron chi connectivity index (χ2n) is 12.7. The number of fused-ring (bicyclic) bond motifs is 2. The third kappa shape index (κ3) is 7.11. The highest BCUT2D eigenvalue weighted by Crippen LogP contribution is 2.34. The number of H-pyrrole nitrogens is 1. The molecule has 236 valence electrons. The lowest BCUT2D eigenvalue weighted by Crippen LogP contribution is -2.69. The van der Waals surface area contributed by atoms with Crippen LogP contribution in [0, 0.1) is 18.3 Å². The second kappa shape index (κ2) is 13.9. The highest BCUT2D eigenvalue weighted by atomic mass is 16.5. The van der Waals surface area contributed by atoms with Gasteiger partial charge in [-0.1, -0.05) is 19.1 Å². The van der Waals surface area contributed by atoms with Gasteiger partial charge in [-0.2, -0.15) is 10.4 Å². The monoisotopic (exact) mass is 600 g/mol. The summed E-state index contributed by atoms with van der Waals surface area (Å²) >= 11 is 0. The van der Waals surface area contributed by atoms with Crippen molar-refractivity contribution in [1.82, 2.24) is 25.3 Å². The highest BCUT2D eigenvalue weighted by Gasteiger charge is 2.45. The van der Waals surface area contributed by atoms with Gasteiger partial charge in [-0.15, -0.1) is 0 Å². The lowest BCUT2D eigenvalue weighted by Gasteiger charge is -2.57. The van der Waals surface area contributed by atoms with E-state index in [2.05, 4.69) is 67.5 Å². The Bertz CT molecular complexity index is 1390. The number of aliphatic imine (C=N–C) groups is 1. The van der Waals surface area contributed by atoms with Gasteiger partial charge >= 0.3 is 0 Å². The zero-order valence-electron chi connectivity index (χ0n) is 26.9. The van der Waals surface area contributed by atoms with Crippen molar-refractivity contribution in [3.05, 3.63) is 70.9 Å². The van der Waals surface area contributed by atoms with Crippen molar-refractivity contribution < 1.29 is 9.84 Å². The molecule has 3 N–H and O–H groups in total. The predicted octanol–water partition coefficient (Wildman–Crippen LogP) is 3.92. The highest BCUT2D eigenvalue weighted by molar-refractivity contribution is 5.93. The molecule has 5 aliphatic rings. The van der Waals surface area contributed by atoms with Gasteiger partial charge in [-0.05, 0) is 74.4 Å². The third-order valence-electron chi connectivity index (χ3n) is 9.73. The Morgan fingerprint density at radius 2 is 2.05 bits per heavy atom. The molecule has 0 saturated carbocycles. The van der Waals surface area contributed by atoms with Crippen molar-refractivity contribution in [3.8, 4) is 6.07 Å². The van der Waals surface area contributed by atoms with E-state index < -0.39 is 5.60 Å². The Kier molecular flexibility index (Phi) is 9.97. The van der Waals surface area contributed by atoms with Crippen LogP contribution in [0.1, 0.15) is 62.1 Å². The van der Waals surface area contributed by atoms with Gasteiger partial charge in [0, 0.05) is 70.5 Å². The molecule has 44 heavy (non-hydrogen) atoms. The van der Waals surface area contributed by atoms with Crippen LogP contribution in [0.4, 0.5) is 5.69 Å². The number of methoxy groups -OCH3 is 1. The molecule has 5 aliphatic heterocycles. The summed E-state index contributed by atoms with van der Waals surface area (Å²) in [5.41, 5.74) is 4.33. The number of piperazine rings is 1. The fraction of sp³-hybridized carbons (Fsp3) is 0.559. The molecule has 3 unspecified atom stereocenters. The van der Waals surface area contributed by atoms with Crippen molar-refractivity contribution in [2.45, 2.75) is 70.1 Å². The second-order valence-corrected chi connectivity index (χ2v) is 12.7. The van der Waals surface area contributed by atoms with Gasteiger partial charge < -0.3 is 25.0 Å². The summed E-state index contributed by atoms with van der Waals surface area (Å²) in [5, 5.41) is 31.1. The van der Waals surface area contributed by atoms with Crippen molar-refractivity contribution in [3.63, 3.8) is 0 Å². The van der Waals surface area contributed by atoms with Gasteiger partial charge in [-0.25, -0.2) is 0 Å². The van der Waals surface area contributed by atoms with Gasteiger partial charge in [0.1, 0.15) is 11.9 Å². The molecule has 1 aromatic heterocycles. The van der Waals surface area contributed by atoms with Crippen molar-refractivity contribution in [1.29, 1.82) is 5.26 Å². The van der Waals surface area contributed by atoms with Crippen molar-refractivity contribution in [2.24, 2.45) is 4.99 Å². The van der Waals surface area contributed by atoms with Crippen LogP contribution in [0.3, 0.4) is 0 Å². The van der Waals surface area contributed by atoms with E-state index in [0.29, 0.717) is 30.5 Å². The zero-order valence-corrected chi connectivity index (χ0v) is 26.9. The predicted molar refractivity (Wildman–Crippen MR) is 175 cm³/mol. The van der Waals surface area contributed by atoms with E-state index >= 15 is 0 Å². The first-order valence-electron chi connectivity index (χ1n) is 15.9. The molecular weight excluding hydrogens is 552 g/mol. The van der Waals surface area contributed by atoms with Crippen LogP contribution in [-0.4, -0.2) is 102 Å². The normalized spacial score (nSPS) is 24.0.